The zero-order valence-corrected chi connectivity index (χ0v) is 11.7. The van der Waals surface area contributed by atoms with Gasteiger partial charge in [-0.2, -0.15) is 4.31 Å². The Hall–Kier alpha value is -0.390. The smallest absolute Gasteiger partial charge is 0.207 e. The molecule has 0 saturated heterocycles. The molecular weight excluding hydrogens is 290 g/mol. The lowest BCUT2D eigenvalue weighted by Crippen LogP contribution is -2.28. The maximum absolute atomic E-state index is 12.2. The molecule has 1 aromatic carbocycles. The molecule has 0 heterocycles. The maximum Gasteiger partial charge on any atom is 0.243 e. The third-order valence-corrected chi connectivity index (χ3v) is 5.66. The predicted molar refractivity (Wildman–Crippen MR) is 66.8 cm³/mol. The van der Waals surface area contributed by atoms with Gasteiger partial charge in [0.15, 0.2) is 0 Å². The van der Waals surface area contributed by atoms with E-state index in [1.54, 1.807) is 25.2 Å². The Morgan fingerprint density at radius 3 is 2.50 bits per heavy atom. The van der Waals surface area contributed by atoms with E-state index in [-0.39, 0.29) is 6.04 Å². The van der Waals surface area contributed by atoms with Gasteiger partial charge in [-0.25, -0.2) is 8.42 Å². The fourth-order valence-corrected chi connectivity index (χ4v) is 3.33. The molecule has 0 spiro atoms. The number of benzene rings is 1. The second kappa shape index (κ2) is 4.13. The Labute approximate surface area is 105 Å². The number of rotatable bonds is 3. The van der Waals surface area contributed by atoms with E-state index in [4.69, 9.17) is 0 Å². The molecule has 0 atom stereocenters. The summed E-state index contributed by atoms with van der Waals surface area (Å²) in [4.78, 5) is 0.377. The molecule has 1 aliphatic carbocycles. The summed E-state index contributed by atoms with van der Waals surface area (Å²) in [7, 11) is -1.65. The lowest BCUT2D eigenvalue weighted by atomic mass is 10.2. The van der Waals surface area contributed by atoms with Gasteiger partial charge in [0, 0.05) is 17.6 Å². The Morgan fingerprint density at radius 1 is 1.38 bits per heavy atom. The van der Waals surface area contributed by atoms with E-state index in [0.717, 1.165) is 22.9 Å². The summed E-state index contributed by atoms with van der Waals surface area (Å²) >= 11 is 3.37. The highest BCUT2D eigenvalue weighted by atomic mass is 79.9. The molecule has 1 aromatic rings. The molecule has 2 rings (SSSR count). The molecule has 88 valence electrons. The minimum absolute atomic E-state index is 0.203. The standard InChI is InChI=1S/C11H14BrNO2S/c1-8-7-10(5-6-11(8)12)16(14,15)13(2)9-3-4-9/h5-7,9H,3-4H2,1-2H3. The summed E-state index contributed by atoms with van der Waals surface area (Å²) in [5.74, 6) is 0. The molecule has 0 amide bonds. The Balaban J connectivity index is 2.38. The lowest BCUT2D eigenvalue weighted by Gasteiger charge is -2.16. The van der Waals surface area contributed by atoms with E-state index in [1.807, 2.05) is 6.92 Å². The molecule has 1 aliphatic rings. The van der Waals surface area contributed by atoms with Crippen molar-refractivity contribution in [3.8, 4) is 0 Å². The number of hydrogen-bond acceptors (Lipinski definition) is 2. The van der Waals surface area contributed by atoms with Crippen LogP contribution in [0.25, 0.3) is 0 Å². The molecule has 3 nitrogen and oxygen atoms in total. The first-order valence-electron chi connectivity index (χ1n) is 5.17. The minimum atomic E-state index is -3.30. The van der Waals surface area contributed by atoms with Crippen LogP contribution in [-0.4, -0.2) is 25.8 Å². The third kappa shape index (κ3) is 2.17. The second-order valence-corrected chi connectivity index (χ2v) is 7.02. The Bertz CT molecular complexity index is 509. The van der Waals surface area contributed by atoms with E-state index in [0.29, 0.717) is 4.90 Å². The molecule has 0 aromatic heterocycles. The van der Waals surface area contributed by atoms with E-state index >= 15 is 0 Å². The van der Waals surface area contributed by atoms with Gasteiger partial charge in [0.05, 0.1) is 4.90 Å². The van der Waals surface area contributed by atoms with Gasteiger partial charge >= 0.3 is 0 Å². The number of halogens is 1. The molecular formula is C11H14BrNO2S. The van der Waals surface area contributed by atoms with Crippen molar-refractivity contribution in [3.63, 3.8) is 0 Å². The van der Waals surface area contributed by atoms with Crippen LogP contribution in [0.5, 0.6) is 0 Å². The summed E-state index contributed by atoms with van der Waals surface area (Å²) in [6.07, 6.45) is 1.95. The number of sulfonamides is 1. The molecule has 1 saturated carbocycles. The first-order valence-corrected chi connectivity index (χ1v) is 7.40. The van der Waals surface area contributed by atoms with Crippen molar-refractivity contribution in [2.45, 2.75) is 30.7 Å². The van der Waals surface area contributed by atoms with Crippen molar-refractivity contribution in [3.05, 3.63) is 28.2 Å². The first-order chi connectivity index (χ1) is 7.43. The minimum Gasteiger partial charge on any atom is -0.207 e. The SMILES string of the molecule is Cc1cc(S(=O)(=O)N(C)C2CC2)ccc1Br. The molecule has 0 unspecified atom stereocenters. The monoisotopic (exact) mass is 303 g/mol. The summed E-state index contributed by atoms with van der Waals surface area (Å²) in [5.41, 5.74) is 0.935. The fraction of sp³-hybridized carbons (Fsp3) is 0.455. The van der Waals surface area contributed by atoms with Gasteiger partial charge in [-0.1, -0.05) is 15.9 Å². The van der Waals surface area contributed by atoms with Gasteiger partial charge in [-0.05, 0) is 43.5 Å². The zero-order valence-electron chi connectivity index (χ0n) is 9.27. The van der Waals surface area contributed by atoms with Crippen LogP contribution in [0.2, 0.25) is 0 Å². The molecule has 0 radical (unpaired) electrons. The van der Waals surface area contributed by atoms with Crippen molar-refractivity contribution in [2.24, 2.45) is 0 Å². The van der Waals surface area contributed by atoms with Gasteiger partial charge in [0.2, 0.25) is 10.0 Å². The van der Waals surface area contributed by atoms with Crippen LogP contribution >= 0.6 is 15.9 Å². The van der Waals surface area contributed by atoms with Gasteiger partial charge < -0.3 is 0 Å². The molecule has 5 heteroatoms. The summed E-state index contributed by atoms with van der Waals surface area (Å²) in [6.45, 7) is 1.89. The molecule has 16 heavy (non-hydrogen) atoms. The van der Waals surface area contributed by atoms with Gasteiger partial charge in [0.25, 0.3) is 0 Å². The highest BCUT2D eigenvalue weighted by Crippen LogP contribution is 2.31. The molecule has 0 N–H and O–H groups in total. The highest BCUT2D eigenvalue weighted by molar-refractivity contribution is 9.10. The Morgan fingerprint density at radius 2 is 2.00 bits per heavy atom. The fourth-order valence-electron chi connectivity index (χ4n) is 1.58. The van der Waals surface area contributed by atoms with Gasteiger partial charge in [0.1, 0.15) is 0 Å². The molecule has 0 aliphatic heterocycles. The molecule has 1 fully saturated rings. The Kier molecular flexibility index (Phi) is 3.11. The first kappa shape index (κ1) is 12.1. The van der Waals surface area contributed by atoms with Crippen LogP contribution in [-0.2, 0) is 10.0 Å². The van der Waals surface area contributed by atoms with Crippen molar-refractivity contribution >= 4 is 26.0 Å². The van der Waals surface area contributed by atoms with Crippen molar-refractivity contribution < 1.29 is 8.42 Å². The van der Waals surface area contributed by atoms with Crippen LogP contribution in [0, 0.1) is 6.92 Å². The summed E-state index contributed by atoms with van der Waals surface area (Å²) in [6, 6.07) is 5.33. The number of aryl methyl sites for hydroxylation is 1. The van der Waals surface area contributed by atoms with Crippen molar-refractivity contribution in [1.29, 1.82) is 0 Å². The highest BCUT2D eigenvalue weighted by Gasteiger charge is 2.34. The zero-order chi connectivity index (χ0) is 11.9. The van der Waals surface area contributed by atoms with Crippen LogP contribution < -0.4 is 0 Å². The quantitative estimate of drug-likeness (QED) is 0.860. The topological polar surface area (TPSA) is 37.4 Å². The summed E-state index contributed by atoms with van der Waals surface area (Å²) < 4.78 is 26.8. The third-order valence-electron chi connectivity index (χ3n) is 2.87. The van der Waals surface area contributed by atoms with E-state index in [9.17, 15) is 8.42 Å². The summed E-state index contributed by atoms with van der Waals surface area (Å²) in [5, 5.41) is 0. The second-order valence-electron chi connectivity index (χ2n) is 4.16. The van der Waals surface area contributed by atoms with Crippen LogP contribution in [0.15, 0.2) is 27.6 Å². The van der Waals surface area contributed by atoms with Crippen LogP contribution in [0.4, 0.5) is 0 Å². The maximum atomic E-state index is 12.2. The van der Waals surface area contributed by atoms with E-state index < -0.39 is 10.0 Å². The van der Waals surface area contributed by atoms with Gasteiger partial charge in [-0.15, -0.1) is 0 Å². The van der Waals surface area contributed by atoms with E-state index in [1.165, 1.54) is 4.31 Å². The largest absolute Gasteiger partial charge is 0.243 e. The molecule has 0 bridgehead atoms. The number of nitrogens with zero attached hydrogens (tertiary/aromatic N) is 1. The van der Waals surface area contributed by atoms with Crippen LogP contribution in [0.1, 0.15) is 18.4 Å². The number of hydrogen-bond donors (Lipinski definition) is 0. The van der Waals surface area contributed by atoms with Crippen LogP contribution in [0.3, 0.4) is 0 Å². The van der Waals surface area contributed by atoms with E-state index in [2.05, 4.69) is 15.9 Å². The van der Waals surface area contributed by atoms with Crippen molar-refractivity contribution in [2.75, 3.05) is 7.05 Å². The van der Waals surface area contributed by atoms with Crippen molar-refractivity contribution in [1.82, 2.24) is 4.31 Å². The normalized spacial score (nSPS) is 16.8. The van der Waals surface area contributed by atoms with Gasteiger partial charge in [-0.3, -0.25) is 0 Å². The average Bonchev–Trinajstić information content (AvgIpc) is 3.04. The average molecular weight is 304 g/mol. The predicted octanol–water partition coefficient (Wildman–Crippen LogP) is 2.54. The lowest BCUT2D eigenvalue weighted by molar-refractivity contribution is 0.464.